The Kier molecular flexibility index (Phi) is 7.29. The van der Waals surface area contributed by atoms with E-state index in [2.05, 4.69) is 5.32 Å². The summed E-state index contributed by atoms with van der Waals surface area (Å²) in [5.41, 5.74) is 1.98. The number of anilines is 1. The van der Waals surface area contributed by atoms with Crippen molar-refractivity contribution in [2.24, 2.45) is 0 Å². The lowest BCUT2D eigenvalue weighted by Crippen LogP contribution is -2.13. The van der Waals surface area contributed by atoms with E-state index in [9.17, 15) is 4.79 Å². The number of carbonyl (C=O) groups is 1. The molecule has 0 saturated heterocycles. The van der Waals surface area contributed by atoms with Gasteiger partial charge in [-0.25, -0.2) is 0 Å². The van der Waals surface area contributed by atoms with E-state index in [4.69, 9.17) is 18.9 Å². The number of carbonyl (C=O) groups excluding carboxylic acids is 1. The highest BCUT2D eigenvalue weighted by Crippen LogP contribution is 2.30. The molecule has 0 saturated carbocycles. The molecule has 6 nitrogen and oxygen atoms in total. The zero-order chi connectivity index (χ0) is 18.9. The summed E-state index contributed by atoms with van der Waals surface area (Å²) in [7, 11) is 4.72. The summed E-state index contributed by atoms with van der Waals surface area (Å²) < 4.78 is 21.4. The number of benzene rings is 2. The van der Waals surface area contributed by atoms with Crippen LogP contribution in [0.15, 0.2) is 36.4 Å². The summed E-state index contributed by atoms with van der Waals surface area (Å²) in [6.07, 6.45) is 0.932. The van der Waals surface area contributed by atoms with Crippen LogP contribution in [0, 0.1) is 0 Å². The molecule has 6 heteroatoms. The van der Waals surface area contributed by atoms with Crippen LogP contribution in [0.5, 0.6) is 17.2 Å². The van der Waals surface area contributed by atoms with Gasteiger partial charge >= 0.3 is 0 Å². The molecule has 0 radical (unpaired) electrons. The summed E-state index contributed by atoms with van der Waals surface area (Å²) in [4.78, 5) is 12.6. The van der Waals surface area contributed by atoms with Crippen LogP contribution < -0.4 is 19.5 Å². The molecule has 2 aromatic carbocycles. The highest BCUT2D eigenvalue weighted by molar-refractivity contribution is 6.04. The molecule has 0 aromatic heterocycles. The van der Waals surface area contributed by atoms with Crippen molar-refractivity contribution >= 4 is 11.6 Å². The lowest BCUT2D eigenvalue weighted by atomic mass is 10.1. The number of ether oxygens (including phenoxy) is 4. The van der Waals surface area contributed by atoms with Crippen LogP contribution in [0.4, 0.5) is 5.69 Å². The Bertz CT molecular complexity index is 745. The van der Waals surface area contributed by atoms with E-state index in [1.807, 2.05) is 6.92 Å². The maximum atomic E-state index is 12.6. The molecule has 2 aromatic rings. The Balaban J connectivity index is 2.17. The standard InChI is InChI=1S/C20H25NO5/c1-5-10-26-13-15-11-14(6-8-17(15)23-2)20(22)21-16-7-9-18(24-3)19(12-16)25-4/h6-9,11-12H,5,10,13H2,1-4H3,(H,21,22). The van der Waals surface area contributed by atoms with E-state index >= 15 is 0 Å². The molecule has 2 rings (SSSR count). The summed E-state index contributed by atoms with van der Waals surface area (Å²) in [6.45, 7) is 3.10. The Labute approximate surface area is 154 Å². The van der Waals surface area contributed by atoms with Gasteiger partial charge in [-0.3, -0.25) is 4.79 Å². The van der Waals surface area contributed by atoms with Gasteiger partial charge in [0, 0.05) is 29.5 Å². The first-order valence-electron chi connectivity index (χ1n) is 8.41. The second-order valence-electron chi connectivity index (χ2n) is 5.60. The zero-order valence-corrected chi connectivity index (χ0v) is 15.6. The minimum absolute atomic E-state index is 0.225. The third-order valence-electron chi connectivity index (χ3n) is 3.79. The molecule has 0 aliphatic carbocycles. The van der Waals surface area contributed by atoms with Gasteiger partial charge in [-0.05, 0) is 36.8 Å². The fourth-order valence-electron chi connectivity index (χ4n) is 2.48. The second-order valence-corrected chi connectivity index (χ2v) is 5.60. The highest BCUT2D eigenvalue weighted by Gasteiger charge is 2.12. The predicted molar refractivity (Wildman–Crippen MR) is 100 cm³/mol. The largest absolute Gasteiger partial charge is 0.496 e. The first kappa shape index (κ1) is 19.6. The quantitative estimate of drug-likeness (QED) is 0.688. The fourth-order valence-corrected chi connectivity index (χ4v) is 2.48. The fraction of sp³-hybridized carbons (Fsp3) is 0.350. The molecule has 0 unspecified atom stereocenters. The van der Waals surface area contributed by atoms with Gasteiger partial charge in [0.25, 0.3) is 5.91 Å². The average molecular weight is 359 g/mol. The lowest BCUT2D eigenvalue weighted by molar-refractivity contribution is 0.102. The number of hydrogen-bond acceptors (Lipinski definition) is 5. The molecule has 26 heavy (non-hydrogen) atoms. The number of nitrogens with one attached hydrogen (secondary N) is 1. The van der Waals surface area contributed by atoms with Gasteiger partial charge in [0.2, 0.25) is 0 Å². The van der Waals surface area contributed by atoms with Crippen LogP contribution in [0.2, 0.25) is 0 Å². The second kappa shape index (κ2) is 9.68. The van der Waals surface area contributed by atoms with Crippen molar-refractivity contribution in [3.8, 4) is 17.2 Å². The van der Waals surface area contributed by atoms with Crippen molar-refractivity contribution < 1.29 is 23.7 Å². The van der Waals surface area contributed by atoms with Crippen molar-refractivity contribution in [1.29, 1.82) is 0 Å². The molecular formula is C20H25NO5. The van der Waals surface area contributed by atoms with Gasteiger partial charge in [-0.2, -0.15) is 0 Å². The van der Waals surface area contributed by atoms with Gasteiger partial charge < -0.3 is 24.3 Å². The van der Waals surface area contributed by atoms with Crippen molar-refractivity contribution in [3.63, 3.8) is 0 Å². The molecule has 0 aliphatic heterocycles. The molecule has 1 N–H and O–H groups in total. The SMILES string of the molecule is CCCOCc1cc(C(=O)Nc2ccc(OC)c(OC)c2)ccc1OC. The van der Waals surface area contributed by atoms with Gasteiger partial charge in [-0.15, -0.1) is 0 Å². The highest BCUT2D eigenvalue weighted by atomic mass is 16.5. The maximum absolute atomic E-state index is 12.6. The predicted octanol–water partition coefficient (Wildman–Crippen LogP) is 3.89. The first-order chi connectivity index (χ1) is 12.6. The Morgan fingerprint density at radius 1 is 0.923 bits per heavy atom. The molecule has 0 bridgehead atoms. The molecule has 0 spiro atoms. The van der Waals surface area contributed by atoms with Gasteiger partial charge in [-0.1, -0.05) is 6.92 Å². The summed E-state index contributed by atoms with van der Waals surface area (Å²) in [5, 5.41) is 2.86. The van der Waals surface area contributed by atoms with Crippen LogP contribution in [-0.4, -0.2) is 33.8 Å². The van der Waals surface area contributed by atoms with Crippen LogP contribution in [-0.2, 0) is 11.3 Å². The molecule has 0 fully saturated rings. The van der Waals surface area contributed by atoms with Crippen LogP contribution in [0.25, 0.3) is 0 Å². The van der Waals surface area contributed by atoms with E-state index in [1.165, 1.54) is 0 Å². The third kappa shape index (κ3) is 4.89. The van der Waals surface area contributed by atoms with Crippen LogP contribution in [0.3, 0.4) is 0 Å². The van der Waals surface area contributed by atoms with Crippen molar-refractivity contribution in [2.75, 3.05) is 33.3 Å². The summed E-state index contributed by atoms with van der Waals surface area (Å²) >= 11 is 0. The van der Waals surface area contributed by atoms with E-state index in [1.54, 1.807) is 57.7 Å². The smallest absolute Gasteiger partial charge is 0.255 e. The van der Waals surface area contributed by atoms with E-state index in [0.29, 0.717) is 41.7 Å². The Morgan fingerprint density at radius 3 is 2.27 bits per heavy atom. The Morgan fingerprint density at radius 2 is 1.62 bits per heavy atom. The first-order valence-corrected chi connectivity index (χ1v) is 8.41. The number of amides is 1. The van der Waals surface area contributed by atoms with E-state index < -0.39 is 0 Å². The van der Waals surface area contributed by atoms with Gasteiger partial charge in [0.15, 0.2) is 11.5 Å². The number of hydrogen-bond donors (Lipinski definition) is 1. The number of methoxy groups -OCH3 is 3. The lowest BCUT2D eigenvalue weighted by Gasteiger charge is -2.13. The van der Waals surface area contributed by atoms with Crippen molar-refractivity contribution in [2.45, 2.75) is 20.0 Å². The molecular weight excluding hydrogens is 334 g/mol. The molecule has 1 amide bonds. The average Bonchev–Trinajstić information content (AvgIpc) is 2.67. The Hall–Kier alpha value is -2.73. The van der Waals surface area contributed by atoms with Gasteiger partial charge in [0.05, 0.1) is 27.9 Å². The maximum Gasteiger partial charge on any atom is 0.255 e. The van der Waals surface area contributed by atoms with Crippen LogP contribution >= 0.6 is 0 Å². The molecule has 0 atom stereocenters. The molecule has 140 valence electrons. The van der Waals surface area contributed by atoms with Crippen molar-refractivity contribution in [3.05, 3.63) is 47.5 Å². The van der Waals surface area contributed by atoms with Gasteiger partial charge in [0.1, 0.15) is 5.75 Å². The minimum atomic E-state index is -0.225. The van der Waals surface area contributed by atoms with Crippen LogP contribution in [0.1, 0.15) is 29.3 Å². The number of rotatable bonds is 9. The minimum Gasteiger partial charge on any atom is -0.496 e. The molecule has 0 aliphatic rings. The topological polar surface area (TPSA) is 66.0 Å². The monoisotopic (exact) mass is 359 g/mol. The third-order valence-corrected chi connectivity index (χ3v) is 3.79. The van der Waals surface area contributed by atoms with E-state index in [-0.39, 0.29) is 5.91 Å². The zero-order valence-electron chi connectivity index (χ0n) is 15.6. The summed E-state index contributed by atoms with van der Waals surface area (Å²) in [6, 6.07) is 10.5. The summed E-state index contributed by atoms with van der Waals surface area (Å²) in [5.74, 6) is 1.62. The van der Waals surface area contributed by atoms with E-state index in [0.717, 1.165) is 12.0 Å². The normalized spacial score (nSPS) is 10.3. The van der Waals surface area contributed by atoms with Crippen molar-refractivity contribution in [1.82, 2.24) is 0 Å². The molecule has 0 heterocycles.